The minimum Gasteiger partial charge on any atom is -0.454 e. The Morgan fingerprint density at radius 1 is 0.893 bits per heavy atom. The lowest BCUT2D eigenvalue weighted by molar-refractivity contribution is 0.0474. The summed E-state index contributed by atoms with van der Waals surface area (Å²) in [6, 6.07) is 18.6. The number of nitrogens with zero attached hydrogens (tertiary/aromatic N) is 1. The second-order valence-electron chi connectivity index (χ2n) is 6.50. The van der Waals surface area contributed by atoms with E-state index in [-0.39, 0.29) is 18.0 Å². The van der Waals surface area contributed by atoms with Gasteiger partial charge in [-0.2, -0.15) is 0 Å². The van der Waals surface area contributed by atoms with Gasteiger partial charge in [0.05, 0.1) is 5.56 Å². The van der Waals surface area contributed by atoms with Crippen molar-refractivity contribution < 1.29 is 18.7 Å². The minimum atomic E-state index is -0.656. The molecular weight excluding hydrogens is 357 g/mol. The number of aromatic nitrogens is 1. The van der Waals surface area contributed by atoms with Crippen LogP contribution in [0.2, 0.25) is 0 Å². The largest absolute Gasteiger partial charge is 0.454 e. The predicted octanol–water partition coefficient (Wildman–Crippen LogP) is 4.99. The number of ether oxygens (including phenoxy) is 1. The van der Waals surface area contributed by atoms with E-state index in [1.54, 1.807) is 6.07 Å². The van der Waals surface area contributed by atoms with Crippen molar-refractivity contribution in [2.75, 3.05) is 6.61 Å². The SMILES string of the molecule is CCn1c2ccccc2c2cc(C(=O)COC(=O)c3ccc(F)cc3)ccc21. The number of ketones is 1. The Morgan fingerprint density at radius 3 is 2.32 bits per heavy atom. The summed E-state index contributed by atoms with van der Waals surface area (Å²) >= 11 is 0. The van der Waals surface area contributed by atoms with Gasteiger partial charge in [0.1, 0.15) is 5.82 Å². The molecule has 4 aromatic rings. The van der Waals surface area contributed by atoms with Gasteiger partial charge in [-0.1, -0.05) is 18.2 Å². The van der Waals surface area contributed by atoms with E-state index in [1.807, 2.05) is 30.3 Å². The van der Waals surface area contributed by atoms with Crippen LogP contribution in [0.3, 0.4) is 0 Å². The van der Waals surface area contributed by atoms with E-state index in [1.165, 1.54) is 24.3 Å². The zero-order valence-corrected chi connectivity index (χ0v) is 15.3. The van der Waals surface area contributed by atoms with E-state index in [0.717, 1.165) is 28.4 Å². The van der Waals surface area contributed by atoms with Crippen LogP contribution in [-0.2, 0) is 11.3 Å². The summed E-state index contributed by atoms with van der Waals surface area (Å²) in [5.41, 5.74) is 2.87. The predicted molar refractivity (Wildman–Crippen MR) is 106 cm³/mol. The normalized spacial score (nSPS) is 11.1. The molecule has 0 saturated carbocycles. The van der Waals surface area contributed by atoms with Crippen LogP contribution < -0.4 is 0 Å². The third-order valence-corrected chi connectivity index (χ3v) is 4.82. The first-order valence-electron chi connectivity index (χ1n) is 9.05. The molecule has 5 heteroatoms. The van der Waals surface area contributed by atoms with Crippen LogP contribution in [0.1, 0.15) is 27.6 Å². The highest BCUT2D eigenvalue weighted by molar-refractivity contribution is 6.11. The van der Waals surface area contributed by atoms with Gasteiger partial charge in [0.25, 0.3) is 0 Å². The molecule has 28 heavy (non-hydrogen) atoms. The Kier molecular flexibility index (Phi) is 4.65. The van der Waals surface area contributed by atoms with Crippen LogP contribution in [0.25, 0.3) is 21.8 Å². The zero-order chi connectivity index (χ0) is 19.7. The van der Waals surface area contributed by atoms with Crippen molar-refractivity contribution in [3.63, 3.8) is 0 Å². The second-order valence-corrected chi connectivity index (χ2v) is 6.50. The molecule has 0 aliphatic carbocycles. The third-order valence-electron chi connectivity index (χ3n) is 4.82. The standard InChI is InChI=1S/C23H18FNO3/c1-2-25-20-6-4-3-5-18(20)19-13-16(9-12-21(19)25)22(26)14-28-23(27)15-7-10-17(24)11-8-15/h3-13H,2,14H2,1H3. The second kappa shape index (κ2) is 7.27. The molecule has 3 aromatic carbocycles. The van der Waals surface area contributed by atoms with E-state index >= 15 is 0 Å². The Bertz CT molecular complexity index is 1190. The molecule has 1 heterocycles. The summed E-state index contributed by atoms with van der Waals surface area (Å²) in [6.07, 6.45) is 0. The van der Waals surface area contributed by atoms with Gasteiger partial charge in [0, 0.05) is 33.9 Å². The third kappa shape index (κ3) is 3.16. The number of fused-ring (bicyclic) bond motifs is 3. The molecule has 0 saturated heterocycles. The minimum absolute atomic E-state index is 0.204. The number of aryl methyl sites for hydroxylation is 1. The van der Waals surface area contributed by atoms with Crippen LogP contribution >= 0.6 is 0 Å². The molecular formula is C23H18FNO3. The number of carbonyl (C=O) groups excluding carboxylic acids is 2. The maximum atomic E-state index is 12.9. The smallest absolute Gasteiger partial charge is 0.338 e. The number of esters is 1. The zero-order valence-electron chi connectivity index (χ0n) is 15.3. The van der Waals surface area contributed by atoms with E-state index in [2.05, 4.69) is 17.6 Å². The molecule has 0 aliphatic heterocycles. The number of benzene rings is 3. The molecule has 0 N–H and O–H groups in total. The van der Waals surface area contributed by atoms with Crippen molar-refractivity contribution in [2.24, 2.45) is 0 Å². The van der Waals surface area contributed by atoms with Gasteiger partial charge >= 0.3 is 5.97 Å². The molecule has 0 fully saturated rings. The molecule has 0 aliphatic rings. The highest BCUT2D eigenvalue weighted by Gasteiger charge is 2.15. The molecule has 0 atom stereocenters. The quantitative estimate of drug-likeness (QED) is 0.365. The Morgan fingerprint density at radius 2 is 1.57 bits per heavy atom. The number of para-hydroxylation sites is 1. The van der Waals surface area contributed by atoms with Crippen molar-refractivity contribution in [2.45, 2.75) is 13.5 Å². The van der Waals surface area contributed by atoms with Crippen molar-refractivity contribution in [3.05, 3.63) is 83.7 Å². The van der Waals surface area contributed by atoms with E-state index in [0.29, 0.717) is 5.56 Å². The average Bonchev–Trinajstić information content (AvgIpc) is 3.05. The highest BCUT2D eigenvalue weighted by atomic mass is 19.1. The monoisotopic (exact) mass is 375 g/mol. The molecule has 0 bridgehead atoms. The number of carbonyl (C=O) groups is 2. The molecule has 4 nitrogen and oxygen atoms in total. The number of hydrogen-bond donors (Lipinski definition) is 0. The first-order valence-corrected chi connectivity index (χ1v) is 9.05. The van der Waals surface area contributed by atoms with Crippen molar-refractivity contribution in [3.8, 4) is 0 Å². The first-order chi connectivity index (χ1) is 13.6. The first kappa shape index (κ1) is 17.9. The number of halogens is 1. The van der Waals surface area contributed by atoms with Crippen molar-refractivity contribution in [1.82, 2.24) is 4.57 Å². The molecule has 140 valence electrons. The van der Waals surface area contributed by atoms with Gasteiger partial charge in [-0.3, -0.25) is 4.79 Å². The van der Waals surface area contributed by atoms with Crippen LogP contribution in [0.15, 0.2) is 66.7 Å². The van der Waals surface area contributed by atoms with Crippen molar-refractivity contribution in [1.29, 1.82) is 0 Å². The van der Waals surface area contributed by atoms with Crippen LogP contribution in [0.4, 0.5) is 4.39 Å². The molecule has 0 radical (unpaired) electrons. The maximum absolute atomic E-state index is 12.9. The van der Waals surface area contributed by atoms with Gasteiger partial charge in [0.15, 0.2) is 12.4 Å². The molecule has 4 rings (SSSR count). The van der Waals surface area contributed by atoms with Crippen LogP contribution in [0, 0.1) is 5.82 Å². The summed E-state index contributed by atoms with van der Waals surface area (Å²) in [5.74, 6) is -1.38. The summed E-state index contributed by atoms with van der Waals surface area (Å²) in [7, 11) is 0. The van der Waals surface area contributed by atoms with E-state index in [9.17, 15) is 14.0 Å². The van der Waals surface area contributed by atoms with E-state index < -0.39 is 11.8 Å². The van der Waals surface area contributed by atoms with Gasteiger partial charge in [-0.05, 0) is 55.5 Å². The maximum Gasteiger partial charge on any atom is 0.338 e. The summed E-state index contributed by atoms with van der Waals surface area (Å²) in [4.78, 5) is 24.6. The molecule has 1 aromatic heterocycles. The van der Waals surface area contributed by atoms with E-state index in [4.69, 9.17) is 4.74 Å². The molecule has 0 spiro atoms. The fourth-order valence-electron chi connectivity index (χ4n) is 3.45. The lowest BCUT2D eigenvalue weighted by Gasteiger charge is -2.06. The van der Waals surface area contributed by atoms with Crippen LogP contribution in [0.5, 0.6) is 0 Å². The van der Waals surface area contributed by atoms with Gasteiger partial charge < -0.3 is 9.30 Å². The fraction of sp³-hybridized carbons (Fsp3) is 0.130. The molecule has 0 amide bonds. The van der Waals surface area contributed by atoms with Crippen molar-refractivity contribution >= 4 is 33.6 Å². The molecule has 0 unspecified atom stereocenters. The number of Topliss-reactive ketones (excluding diaryl/α,β-unsaturated/α-hetero) is 1. The fourth-order valence-corrected chi connectivity index (χ4v) is 3.45. The van der Waals surface area contributed by atoms with Gasteiger partial charge in [0.2, 0.25) is 0 Å². The Labute approximate surface area is 161 Å². The van der Waals surface area contributed by atoms with Gasteiger partial charge in [-0.15, -0.1) is 0 Å². The number of hydrogen-bond acceptors (Lipinski definition) is 3. The highest BCUT2D eigenvalue weighted by Crippen LogP contribution is 2.29. The Balaban J connectivity index is 1.58. The number of rotatable bonds is 5. The van der Waals surface area contributed by atoms with Crippen LogP contribution in [-0.4, -0.2) is 22.9 Å². The lowest BCUT2D eigenvalue weighted by Crippen LogP contribution is -2.14. The topological polar surface area (TPSA) is 48.3 Å². The average molecular weight is 375 g/mol. The summed E-state index contributed by atoms with van der Waals surface area (Å²) in [6.45, 7) is 2.54. The Hall–Kier alpha value is -3.47. The summed E-state index contributed by atoms with van der Waals surface area (Å²) in [5, 5.41) is 2.07. The summed E-state index contributed by atoms with van der Waals surface area (Å²) < 4.78 is 20.2. The van der Waals surface area contributed by atoms with Gasteiger partial charge in [-0.25, -0.2) is 9.18 Å². The lowest BCUT2D eigenvalue weighted by atomic mass is 10.1.